The Balaban J connectivity index is 1.50. The molecule has 1 amide bonds. The third-order valence-corrected chi connectivity index (χ3v) is 10.4. The number of fused-ring (bicyclic) bond motifs is 2. The predicted molar refractivity (Wildman–Crippen MR) is 153 cm³/mol. The number of halogens is 1. The van der Waals surface area contributed by atoms with E-state index in [1.54, 1.807) is 6.07 Å². The van der Waals surface area contributed by atoms with Crippen LogP contribution in [-0.4, -0.2) is 78.4 Å². The van der Waals surface area contributed by atoms with Gasteiger partial charge in [-0.05, 0) is 80.3 Å². The number of aliphatic hydroxyl groups is 1. The smallest absolute Gasteiger partial charge is 0.301 e. The molecule has 3 heterocycles. The summed E-state index contributed by atoms with van der Waals surface area (Å²) < 4.78 is 43.2. The number of carbonyl (C=O) groups is 1. The van der Waals surface area contributed by atoms with Crippen molar-refractivity contribution in [2.45, 2.75) is 56.5 Å². The summed E-state index contributed by atoms with van der Waals surface area (Å²) in [5.41, 5.74) is 8.81. The summed E-state index contributed by atoms with van der Waals surface area (Å²) >= 11 is 1.18. The van der Waals surface area contributed by atoms with Crippen LogP contribution < -0.4 is 10.5 Å². The van der Waals surface area contributed by atoms with E-state index in [0.717, 1.165) is 79.3 Å². The number of nitrogens with two attached hydrogens (primary N) is 1. The Kier molecular flexibility index (Phi) is 8.39. The second-order valence-corrected chi connectivity index (χ2v) is 13.7. The minimum atomic E-state index is -3.85. The maximum Gasteiger partial charge on any atom is 0.301 e. The first-order chi connectivity index (χ1) is 19.0. The number of aryl methyl sites for hydroxylation is 1. The lowest BCUT2D eigenvalue weighted by molar-refractivity contribution is 0.0805. The number of rotatable bonds is 9. The van der Waals surface area contributed by atoms with Gasteiger partial charge in [0.25, 0.3) is 5.91 Å². The third kappa shape index (κ3) is 6.13. The minimum absolute atomic E-state index is 0.00590. The maximum absolute atomic E-state index is 15.3. The predicted octanol–water partition coefficient (Wildman–Crippen LogP) is 3.20. The number of aromatic nitrogens is 2. The monoisotopic (exact) mass is 590 g/mol. The number of thiazole rings is 1. The second kappa shape index (κ2) is 11.6. The van der Waals surface area contributed by atoms with Gasteiger partial charge in [0.05, 0.1) is 11.8 Å². The van der Waals surface area contributed by atoms with Crippen LogP contribution in [0.3, 0.4) is 0 Å². The van der Waals surface area contributed by atoms with Crippen molar-refractivity contribution in [3.05, 3.63) is 51.9 Å². The van der Waals surface area contributed by atoms with Crippen LogP contribution in [0.15, 0.2) is 24.3 Å². The molecule has 216 valence electrons. The zero-order chi connectivity index (χ0) is 28.6. The maximum atomic E-state index is 15.3. The van der Waals surface area contributed by atoms with Gasteiger partial charge in [0.15, 0.2) is 5.01 Å². The highest BCUT2D eigenvalue weighted by atomic mass is 32.2. The minimum Gasteiger partial charge on any atom is -0.393 e. The first-order valence-electron chi connectivity index (χ1n) is 13.5. The van der Waals surface area contributed by atoms with E-state index in [2.05, 4.69) is 14.6 Å². The summed E-state index contributed by atoms with van der Waals surface area (Å²) in [6.45, 7) is 2.41. The molecule has 2 atom stereocenters. The number of piperidine rings is 1. The van der Waals surface area contributed by atoms with Gasteiger partial charge in [0.2, 0.25) is 0 Å². The van der Waals surface area contributed by atoms with E-state index >= 15 is 4.39 Å². The molecule has 13 heteroatoms. The zero-order valence-electron chi connectivity index (χ0n) is 22.6. The fraction of sp³-hybridized carbons (Fsp3) is 0.519. The lowest BCUT2D eigenvalue weighted by Gasteiger charge is -2.35. The number of likely N-dealkylation sites (tertiary alicyclic amines) is 1. The molecule has 2 aromatic heterocycles. The van der Waals surface area contributed by atoms with Crippen molar-refractivity contribution >= 4 is 43.5 Å². The summed E-state index contributed by atoms with van der Waals surface area (Å²) in [6.07, 6.45) is 4.60. The molecule has 1 saturated heterocycles. The van der Waals surface area contributed by atoms with Crippen molar-refractivity contribution in [3.8, 4) is 0 Å². The molecular formula is C27H35FN6O4S2. The van der Waals surface area contributed by atoms with E-state index in [-0.39, 0.29) is 28.6 Å². The number of aliphatic hydroxyl groups excluding tert-OH is 1. The first-order valence-corrected chi connectivity index (χ1v) is 15.8. The summed E-state index contributed by atoms with van der Waals surface area (Å²) in [4.78, 5) is 24.0. The van der Waals surface area contributed by atoms with Gasteiger partial charge in [-0.1, -0.05) is 17.4 Å². The fourth-order valence-corrected chi connectivity index (χ4v) is 7.13. The van der Waals surface area contributed by atoms with Gasteiger partial charge in [-0.25, -0.2) is 14.4 Å². The van der Waals surface area contributed by atoms with Crippen LogP contribution in [0.4, 0.5) is 10.1 Å². The van der Waals surface area contributed by atoms with Gasteiger partial charge >= 0.3 is 10.2 Å². The summed E-state index contributed by atoms with van der Waals surface area (Å²) in [5, 5.41) is 10.2. The molecule has 40 heavy (non-hydrogen) atoms. The largest absolute Gasteiger partial charge is 0.393 e. The van der Waals surface area contributed by atoms with Gasteiger partial charge in [0.1, 0.15) is 16.2 Å². The first kappa shape index (κ1) is 28.8. The molecule has 2 aliphatic rings. The van der Waals surface area contributed by atoms with E-state index in [0.29, 0.717) is 10.3 Å². The molecule has 0 radical (unpaired) electrons. The Morgan fingerprint density at radius 2 is 2.00 bits per heavy atom. The van der Waals surface area contributed by atoms with Crippen LogP contribution in [0, 0.1) is 5.82 Å². The van der Waals surface area contributed by atoms with Gasteiger partial charge in [0, 0.05) is 38.8 Å². The normalized spacial score (nSPS) is 19.6. The molecule has 1 aliphatic heterocycles. The van der Waals surface area contributed by atoms with Gasteiger partial charge in [-0.3, -0.25) is 9.52 Å². The van der Waals surface area contributed by atoms with E-state index in [9.17, 15) is 18.3 Å². The SMILES string of the molecule is CN(C)S(=O)(=O)Nc1ccc([C@H](CCN2CCC(O)CC2)C2CCCc3cc4nc(C(N)=O)sc4nc32)cc1F. The van der Waals surface area contributed by atoms with E-state index in [1.165, 1.54) is 37.6 Å². The lowest BCUT2D eigenvalue weighted by atomic mass is 9.74. The van der Waals surface area contributed by atoms with Crippen molar-refractivity contribution in [2.24, 2.45) is 5.73 Å². The Bertz CT molecular complexity index is 1500. The van der Waals surface area contributed by atoms with E-state index in [4.69, 9.17) is 10.7 Å². The molecule has 1 unspecified atom stereocenters. The van der Waals surface area contributed by atoms with Crippen molar-refractivity contribution in [2.75, 3.05) is 38.5 Å². The average molecular weight is 591 g/mol. The molecule has 0 spiro atoms. The van der Waals surface area contributed by atoms with Crippen LogP contribution in [0.1, 0.15) is 70.6 Å². The van der Waals surface area contributed by atoms with Crippen molar-refractivity contribution in [1.29, 1.82) is 0 Å². The number of pyridine rings is 1. The quantitative estimate of drug-likeness (QED) is 0.348. The van der Waals surface area contributed by atoms with Crippen LogP contribution in [0.2, 0.25) is 0 Å². The van der Waals surface area contributed by atoms with Gasteiger partial charge in [-0.2, -0.15) is 12.7 Å². The van der Waals surface area contributed by atoms with Gasteiger partial charge in [-0.15, -0.1) is 0 Å². The number of carbonyl (C=O) groups excluding carboxylic acids is 1. The third-order valence-electron chi connectivity index (χ3n) is 7.96. The topological polar surface area (TPSA) is 142 Å². The van der Waals surface area contributed by atoms with Crippen LogP contribution in [0.5, 0.6) is 0 Å². The number of anilines is 1. The Morgan fingerprint density at radius 3 is 2.67 bits per heavy atom. The van der Waals surface area contributed by atoms with Crippen molar-refractivity contribution < 1.29 is 22.7 Å². The molecule has 3 aromatic rings. The number of benzene rings is 1. The van der Waals surface area contributed by atoms with Crippen LogP contribution in [0.25, 0.3) is 10.3 Å². The highest BCUT2D eigenvalue weighted by molar-refractivity contribution is 7.90. The molecule has 1 aromatic carbocycles. The number of hydrogen-bond donors (Lipinski definition) is 3. The molecule has 4 N–H and O–H groups in total. The van der Waals surface area contributed by atoms with E-state index in [1.807, 2.05) is 6.07 Å². The number of primary amides is 1. The summed E-state index contributed by atoms with van der Waals surface area (Å²) in [7, 11) is -1.09. The molecule has 0 saturated carbocycles. The molecule has 1 aliphatic carbocycles. The summed E-state index contributed by atoms with van der Waals surface area (Å²) in [6, 6.07) is 6.71. The Morgan fingerprint density at radius 1 is 1.25 bits per heavy atom. The molecule has 5 rings (SSSR count). The van der Waals surface area contributed by atoms with Crippen molar-refractivity contribution in [1.82, 2.24) is 19.2 Å². The van der Waals surface area contributed by atoms with Crippen LogP contribution in [-0.2, 0) is 16.6 Å². The Hall–Kier alpha value is -2.71. The molecular weight excluding hydrogens is 555 g/mol. The Labute approximate surface area is 237 Å². The number of hydrogen-bond acceptors (Lipinski definition) is 8. The number of nitrogens with zero attached hydrogens (tertiary/aromatic N) is 4. The molecule has 10 nitrogen and oxygen atoms in total. The second-order valence-electron chi connectivity index (χ2n) is 10.8. The molecule has 1 fully saturated rings. The zero-order valence-corrected chi connectivity index (χ0v) is 24.3. The lowest BCUT2D eigenvalue weighted by Crippen LogP contribution is -2.37. The highest BCUT2D eigenvalue weighted by Gasteiger charge is 2.33. The fourth-order valence-electron chi connectivity index (χ4n) is 5.73. The number of nitrogens with one attached hydrogen (secondary N) is 1. The standard InChI is InChI=1S/C27H35FN6O4S2/c1-33(2)40(37,38)32-22-7-6-16(14-21(22)28)19(10-13-34-11-8-18(35)9-12-34)20-5-3-4-17-15-23-26(31-24(17)20)39-27(30-23)25(29)36/h6-7,14-15,18-20,32,35H,3-5,8-13H2,1-2H3,(H2,29,36)/t19-,20?/m0/s1. The summed E-state index contributed by atoms with van der Waals surface area (Å²) in [5.74, 6) is -1.29. The van der Waals surface area contributed by atoms with Gasteiger partial charge < -0.3 is 15.7 Å². The molecule has 0 bridgehead atoms. The van der Waals surface area contributed by atoms with Crippen LogP contribution >= 0.6 is 11.3 Å². The highest BCUT2D eigenvalue weighted by Crippen LogP contribution is 2.44. The van der Waals surface area contributed by atoms with E-state index < -0.39 is 21.9 Å². The number of amides is 1. The average Bonchev–Trinajstić information content (AvgIpc) is 3.33. The van der Waals surface area contributed by atoms with Crippen molar-refractivity contribution in [3.63, 3.8) is 0 Å².